The lowest BCUT2D eigenvalue weighted by Gasteiger charge is -2.38. The van der Waals surface area contributed by atoms with Crippen LogP contribution in [0.5, 0.6) is 0 Å². The van der Waals surface area contributed by atoms with Crippen molar-refractivity contribution in [3.63, 3.8) is 0 Å². The molecule has 4 heterocycles. The summed E-state index contributed by atoms with van der Waals surface area (Å²) in [6, 6.07) is 11.4. The maximum absolute atomic E-state index is 14.0. The van der Waals surface area contributed by atoms with Gasteiger partial charge in [-0.1, -0.05) is 83.9 Å². The van der Waals surface area contributed by atoms with Gasteiger partial charge < -0.3 is 39.9 Å². The lowest BCUT2D eigenvalue weighted by molar-refractivity contribution is -0.136. The van der Waals surface area contributed by atoms with Crippen molar-refractivity contribution in [3.8, 4) is 33.6 Å². The van der Waals surface area contributed by atoms with E-state index in [1.165, 1.54) is 61.3 Å². The van der Waals surface area contributed by atoms with Crippen LogP contribution in [0.1, 0.15) is 120 Å². The van der Waals surface area contributed by atoms with Crippen molar-refractivity contribution in [2.45, 2.75) is 116 Å². The van der Waals surface area contributed by atoms with Crippen LogP contribution in [-0.2, 0) is 25.5 Å². The molecule has 2 aliphatic heterocycles. The number of benzene rings is 2. The third kappa shape index (κ3) is 8.44. The van der Waals surface area contributed by atoms with Crippen LogP contribution in [0.2, 0.25) is 0 Å². The Labute approximate surface area is 364 Å². The molecule has 2 bridgehead atoms. The van der Waals surface area contributed by atoms with Crippen LogP contribution in [0.3, 0.4) is 0 Å². The van der Waals surface area contributed by atoms with Gasteiger partial charge in [-0.15, -0.1) is 0 Å². The predicted octanol–water partition coefficient (Wildman–Crippen LogP) is 8.30. The molecule has 7 unspecified atom stereocenters. The Morgan fingerprint density at radius 3 is 1.97 bits per heavy atom. The molecule has 1 saturated carbocycles. The molecule has 330 valence electrons. The Morgan fingerprint density at radius 1 is 0.710 bits per heavy atom. The molecule has 14 heteroatoms. The van der Waals surface area contributed by atoms with E-state index < -0.39 is 24.3 Å². The van der Waals surface area contributed by atoms with Gasteiger partial charge in [0.1, 0.15) is 23.7 Å². The van der Waals surface area contributed by atoms with E-state index in [-0.39, 0.29) is 41.7 Å². The lowest BCUT2D eigenvalue weighted by Crippen LogP contribution is -2.51. The molecule has 2 aromatic carbocycles. The normalized spacial score (nSPS) is 23.0. The number of carbonyl (C=O) groups is 4. The molecule has 8 rings (SSSR count). The molecule has 0 radical (unpaired) electrons. The summed E-state index contributed by atoms with van der Waals surface area (Å²) in [5.74, 6) is 2.46. The number of ether oxygens (including phenoxy) is 2. The molecule has 7 atom stereocenters. The van der Waals surface area contributed by atoms with Gasteiger partial charge in [-0.2, -0.15) is 0 Å². The summed E-state index contributed by atoms with van der Waals surface area (Å²) >= 11 is 0. The lowest BCUT2D eigenvalue weighted by atomic mass is 9.66. The quantitative estimate of drug-likeness (QED) is 0.117. The topological polar surface area (TPSA) is 175 Å². The number of amides is 4. The second kappa shape index (κ2) is 18.0. The van der Waals surface area contributed by atoms with E-state index in [0.29, 0.717) is 24.9 Å². The highest BCUT2D eigenvalue weighted by molar-refractivity contribution is 5.87. The Bertz CT molecular complexity index is 2280. The number of aromatic amines is 2. The fraction of sp³-hybridized carbons (Fsp3) is 0.542. The zero-order chi connectivity index (χ0) is 43.8. The molecule has 4 N–H and O–H groups in total. The summed E-state index contributed by atoms with van der Waals surface area (Å²) in [4.78, 5) is 72.5. The van der Waals surface area contributed by atoms with E-state index in [0.717, 1.165) is 60.7 Å². The van der Waals surface area contributed by atoms with Crippen molar-refractivity contribution >= 4 is 24.0 Å². The molecule has 0 spiro atoms. The number of aromatic nitrogens is 4. The number of hydrogen-bond acceptors (Lipinski definition) is 8. The van der Waals surface area contributed by atoms with Gasteiger partial charge in [0, 0.05) is 18.7 Å². The van der Waals surface area contributed by atoms with E-state index in [4.69, 9.17) is 19.4 Å². The van der Waals surface area contributed by atoms with Crippen LogP contribution in [0.15, 0.2) is 48.8 Å². The minimum Gasteiger partial charge on any atom is -0.453 e. The zero-order valence-corrected chi connectivity index (χ0v) is 37.1. The molecule has 2 aliphatic carbocycles. The van der Waals surface area contributed by atoms with Crippen molar-refractivity contribution in [3.05, 3.63) is 71.6 Å². The van der Waals surface area contributed by atoms with E-state index in [9.17, 15) is 19.2 Å². The van der Waals surface area contributed by atoms with Crippen molar-refractivity contribution in [2.75, 3.05) is 27.3 Å². The number of carbonyl (C=O) groups excluding carboxylic acids is 4. The Balaban J connectivity index is 1.04. The Kier molecular flexibility index (Phi) is 12.5. The Morgan fingerprint density at radius 2 is 1.31 bits per heavy atom. The van der Waals surface area contributed by atoms with Gasteiger partial charge in [0.2, 0.25) is 11.8 Å². The first-order valence-corrected chi connectivity index (χ1v) is 22.5. The average molecular weight is 847 g/mol. The van der Waals surface area contributed by atoms with E-state index >= 15 is 0 Å². The SMILES string of the molecule is COC(=O)NC(C(=O)N1CCCC1c1ncc(-c2ccc(-c3ccc(-c4cnc(C5CC(C)CN5C(=O)C(NC(=O)OC)C(C)C)[nH]4)c4c3CC3CCCC4C3)cc2)[nH]1)C(C)C. The number of alkyl carbamates (subject to hydrolysis) is 2. The van der Waals surface area contributed by atoms with Crippen molar-refractivity contribution < 1.29 is 28.7 Å². The summed E-state index contributed by atoms with van der Waals surface area (Å²) in [5, 5.41) is 5.48. The van der Waals surface area contributed by atoms with Gasteiger partial charge in [0.15, 0.2) is 0 Å². The average Bonchev–Trinajstić information content (AvgIpc) is 4.11. The van der Waals surface area contributed by atoms with Gasteiger partial charge in [-0.05, 0) is 95.9 Å². The smallest absolute Gasteiger partial charge is 0.407 e. The fourth-order valence-corrected chi connectivity index (χ4v) is 10.6. The fourth-order valence-electron chi connectivity index (χ4n) is 10.6. The number of nitrogens with zero attached hydrogens (tertiary/aromatic N) is 4. The molecule has 4 aromatic rings. The van der Waals surface area contributed by atoms with Crippen LogP contribution in [0.25, 0.3) is 33.6 Å². The van der Waals surface area contributed by atoms with Gasteiger partial charge >= 0.3 is 12.2 Å². The van der Waals surface area contributed by atoms with Gasteiger partial charge in [0.25, 0.3) is 0 Å². The van der Waals surface area contributed by atoms with E-state index in [2.05, 4.69) is 63.9 Å². The highest BCUT2D eigenvalue weighted by Crippen LogP contribution is 2.50. The number of fused-ring (bicyclic) bond motifs is 4. The highest BCUT2D eigenvalue weighted by atomic mass is 16.5. The van der Waals surface area contributed by atoms with Crippen LogP contribution < -0.4 is 10.6 Å². The van der Waals surface area contributed by atoms with Crippen molar-refractivity contribution in [1.29, 1.82) is 0 Å². The maximum atomic E-state index is 14.0. The first kappa shape index (κ1) is 43.0. The number of imidazole rings is 2. The summed E-state index contributed by atoms with van der Waals surface area (Å²) in [6.07, 6.45) is 10.9. The molecule has 62 heavy (non-hydrogen) atoms. The summed E-state index contributed by atoms with van der Waals surface area (Å²) in [7, 11) is 2.61. The number of methoxy groups -OCH3 is 2. The molecule has 4 amide bonds. The third-order valence-electron chi connectivity index (χ3n) is 13.8. The summed E-state index contributed by atoms with van der Waals surface area (Å²) in [5.41, 5.74) is 9.32. The van der Waals surface area contributed by atoms with Crippen LogP contribution >= 0.6 is 0 Å². The molecule has 3 fully saturated rings. The van der Waals surface area contributed by atoms with Gasteiger partial charge in [0.05, 0.1) is 50.1 Å². The van der Waals surface area contributed by atoms with Crippen molar-refractivity contribution in [1.82, 2.24) is 40.4 Å². The molecule has 4 aliphatic rings. The van der Waals surface area contributed by atoms with Crippen LogP contribution in [-0.4, -0.2) is 93.1 Å². The largest absolute Gasteiger partial charge is 0.453 e. The van der Waals surface area contributed by atoms with E-state index in [1.807, 2.05) is 49.9 Å². The number of nitrogens with one attached hydrogen (secondary N) is 4. The van der Waals surface area contributed by atoms with Crippen LogP contribution in [0.4, 0.5) is 9.59 Å². The van der Waals surface area contributed by atoms with Crippen LogP contribution in [0, 0.1) is 23.7 Å². The number of likely N-dealkylation sites (tertiary alicyclic amines) is 2. The number of hydrogen-bond donors (Lipinski definition) is 4. The zero-order valence-electron chi connectivity index (χ0n) is 37.1. The highest BCUT2D eigenvalue weighted by Gasteiger charge is 2.41. The molecule has 2 saturated heterocycles. The summed E-state index contributed by atoms with van der Waals surface area (Å²) in [6.45, 7) is 11.0. The van der Waals surface area contributed by atoms with Gasteiger partial charge in [-0.25, -0.2) is 19.6 Å². The number of H-pyrrole nitrogens is 2. The second-order valence-electron chi connectivity index (χ2n) is 18.7. The number of rotatable bonds is 11. The van der Waals surface area contributed by atoms with E-state index in [1.54, 1.807) is 0 Å². The minimum absolute atomic E-state index is 0.105. The Hall–Kier alpha value is -5.66. The third-order valence-corrected chi connectivity index (χ3v) is 13.8. The molecule has 14 nitrogen and oxygen atoms in total. The minimum atomic E-state index is -0.698. The first-order valence-electron chi connectivity index (χ1n) is 22.5. The first-order chi connectivity index (χ1) is 29.8. The molecular formula is C48H62N8O6. The molecule has 2 aromatic heterocycles. The molecular weight excluding hydrogens is 785 g/mol. The standard InChI is InChI=1S/C48H62N8O6/c1-26(2)41(53-47(59)61-6)45(57)55-19-9-12-38(55)43-49-23-36(51-43)31-15-13-30(14-16-31)33-17-18-34(40-32-11-8-10-29(21-32)22-35(33)40)37-24-50-44(52-37)39-20-28(5)25-56(39)46(58)42(27(3)4)54-48(60)62-7/h13-18,23-24,26-29,32,38-39,41-42H,8-12,19-22,25H2,1-7H3,(H,49,51)(H,50,52)(H,53,59)(H,54,60). The summed E-state index contributed by atoms with van der Waals surface area (Å²) < 4.78 is 9.64. The monoisotopic (exact) mass is 846 g/mol. The second-order valence-corrected chi connectivity index (χ2v) is 18.7. The van der Waals surface area contributed by atoms with Gasteiger partial charge in [-0.3, -0.25) is 9.59 Å². The van der Waals surface area contributed by atoms with Crippen molar-refractivity contribution in [2.24, 2.45) is 23.7 Å². The maximum Gasteiger partial charge on any atom is 0.407 e. The predicted molar refractivity (Wildman–Crippen MR) is 236 cm³/mol.